The quantitative estimate of drug-likeness (QED) is 0.213. The minimum absolute atomic E-state index is 0.0805. The fraction of sp³-hybridized carbons (Fsp3) is 0.382. The number of aliphatic hydroxyl groups excluding tert-OH is 1. The molecule has 210 valence electrons. The van der Waals surface area contributed by atoms with Crippen LogP contribution in [0.15, 0.2) is 78.9 Å². The molecule has 6 nitrogen and oxygen atoms in total. The number of ketones is 1. The molecule has 0 heterocycles. The summed E-state index contributed by atoms with van der Waals surface area (Å²) < 4.78 is 5.67. The maximum atomic E-state index is 14.0. The van der Waals surface area contributed by atoms with Crippen molar-refractivity contribution in [2.45, 2.75) is 45.3 Å². The lowest BCUT2D eigenvalue weighted by Crippen LogP contribution is -2.55. The number of hydrogen-bond donors (Lipinski definition) is 4. The van der Waals surface area contributed by atoms with E-state index in [-0.39, 0.29) is 36.2 Å². The van der Waals surface area contributed by atoms with Gasteiger partial charge in [0.15, 0.2) is 5.79 Å². The summed E-state index contributed by atoms with van der Waals surface area (Å²) in [5.41, 5.74) is 3.44. The maximum Gasteiger partial charge on any atom is 0.185 e. The summed E-state index contributed by atoms with van der Waals surface area (Å²) in [5, 5.41) is 42.0. The van der Waals surface area contributed by atoms with Crippen LogP contribution >= 0.6 is 0 Å². The molecule has 40 heavy (non-hydrogen) atoms. The van der Waals surface area contributed by atoms with Crippen LogP contribution in [-0.4, -0.2) is 45.7 Å². The van der Waals surface area contributed by atoms with Crippen LogP contribution in [-0.2, 0) is 22.4 Å². The maximum absolute atomic E-state index is 14.0. The molecule has 2 aliphatic rings. The Morgan fingerprint density at radius 3 is 2.35 bits per heavy atom. The average Bonchev–Trinajstić information content (AvgIpc) is 3.29. The second kappa shape index (κ2) is 10.2. The van der Waals surface area contributed by atoms with Crippen LogP contribution in [0, 0.1) is 22.7 Å². The first kappa shape index (κ1) is 28.1. The number of fused-ring (bicyclic) bond motifs is 2. The molecule has 2 saturated carbocycles. The molecule has 3 aromatic carbocycles. The molecule has 0 aromatic heterocycles. The number of phenolic OH excluding ortho intramolecular Hbond substituents is 2. The molecule has 3 aromatic rings. The highest BCUT2D eigenvalue weighted by atomic mass is 16.6. The van der Waals surface area contributed by atoms with E-state index in [1.807, 2.05) is 62.4 Å². The monoisotopic (exact) mass is 542 g/mol. The summed E-state index contributed by atoms with van der Waals surface area (Å²) in [4.78, 5) is 14.0. The van der Waals surface area contributed by atoms with Gasteiger partial charge < -0.3 is 25.2 Å². The van der Waals surface area contributed by atoms with E-state index < -0.39 is 22.5 Å². The summed E-state index contributed by atoms with van der Waals surface area (Å²) in [6, 6.07) is 20.5. The van der Waals surface area contributed by atoms with E-state index in [4.69, 9.17) is 4.74 Å². The summed E-state index contributed by atoms with van der Waals surface area (Å²) in [7, 11) is 1.43. The molecule has 4 atom stereocenters. The lowest BCUT2D eigenvalue weighted by Gasteiger charge is -2.46. The highest BCUT2D eigenvalue weighted by molar-refractivity contribution is 5.89. The Bertz CT molecular complexity index is 1440. The van der Waals surface area contributed by atoms with Crippen molar-refractivity contribution in [2.75, 3.05) is 13.7 Å². The van der Waals surface area contributed by atoms with Gasteiger partial charge in [0.25, 0.3) is 0 Å². The van der Waals surface area contributed by atoms with Gasteiger partial charge in [-0.15, -0.1) is 0 Å². The molecule has 0 aliphatic heterocycles. The molecule has 2 bridgehead atoms. The van der Waals surface area contributed by atoms with Crippen molar-refractivity contribution in [1.29, 1.82) is 0 Å². The molecule has 0 unspecified atom stereocenters. The summed E-state index contributed by atoms with van der Waals surface area (Å²) in [6.45, 7) is 7.99. The first-order chi connectivity index (χ1) is 19.0. The number of ether oxygens (including phenoxy) is 1. The van der Waals surface area contributed by atoms with Crippen molar-refractivity contribution >= 4 is 5.78 Å². The van der Waals surface area contributed by atoms with Crippen molar-refractivity contribution in [3.63, 3.8) is 0 Å². The summed E-state index contributed by atoms with van der Waals surface area (Å²) in [5.74, 6) is -2.14. The van der Waals surface area contributed by atoms with Crippen LogP contribution in [0.2, 0.25) is 0 Å². The van der Waals surface area contributed by atoms with E-state index in [0.717, 1.165) is 33.4 Å². The number of methoxy groups -OCH3 is 1. The van der Waals surface area contributed by atoms with Crippen molar-refractivity contribution in [1.82, 2.24) is 0 Å². The standard InChI is InChI=1S/C34H38O6/c1-21-31-27(20-35)19-33(32(21,2)3,34(31,39)40-4)30(38)15-10-22-6-5-7-24(16-22)25-11-12-26(29(37)18-25)17-23-8-13-28(36)14-9-23/h5-9,11-14,16,18,27,31,35-37,39H,1,10,15,17,19-20H2,2-4H3/t27-,31-,33+,34+/m0/s1. The summed E-state index contributed by atoms with van der Waals surface area (Å²) >= 11 is 0. The molecule has 0 amide bonds. The minimum atomic E-state index is -1.70. The molecule has 0 spiro atoms. The molecular formula is C34H38O6. The second-order valence-corrected chi connectivity index (χ2v) is 11.9. The van der Waals surface area contributed by atoms with Gasteiger partial charge in [-0.2, -0.15) is 0 Å². The van der Waals surface area contributed by atoms with Gasteiger partial charge in [-0.25, -0.2) is 0 Å². The Balaban J connectivity index is 1.34. The van der Waals surface area contributed by atoms with Crippen molar-refractivity contribution < 1.29 is 30.0 Å². The molecular weight excluding hydrogens is 504 g/mol. The zero-order valence-electron chi connectivity index (χ0n) is 23.4. The topological polar surface area (TPSA) is 107 Å². The van der Waals surface area contributed by atoms with Crippen LogP contribution in [0.25, 0.3) is 11.1 Å². The number of rotatable bonds is 9. The normalized spacial score (nSPS) is 26.8. The van der Waals surface area contributed by atoms with Gasteiger partial charge in [0.1, 0.15) is 17.3 Å². The number of aliphatic hydroxyl groups is 2. The summed E-state index contributed by atoms with van der Waals surface area (Å²) in [6.07, 6.45) is 1.60. The van der Waals surface area contributed by atoms with E-state index in [1.165, 1.54) is 7.11 Å². The van der Waals surface area contributed by atoms with Crippen molar-refractivity contribution in [3.8, 4) is 22.6 Å². The second-order valence-electron chi connectivity index (χ2n) is 11.9. The third kappa shape index (κ3) is 4.17. The van der Waals surface area contributed by atoms with Crippen LogP contribution in [0.3, 0.4) is 0 Å². The number of aryl methyl sites for hydroxylation is 1. The van der Waals surface area contributed by atoms with Gasteiger partial charge in [0.05, 0.1) is 5.41 Å². The Labute approximate surface area is 235 Å². The lowest BCUT2D eigenvalue weighted by atomic mass is 9.58. The van der Waals surface area contributed by atoms with Gasteiger partial charge in [-0.1, -0.05) is 74.5 Å². The van der Waals surface area contributed by atoms with Gasteiger partial charge in [0.2, 0.25) is 0 Å². The molecule has 6 heteroatoms. The average molecular weight is 543 g/mol. The minimum Gasteiger partial charge on any atom is -0.508 e. The van der Waals surface area contributed by atoms with Crippen LogP contribution in [0.4, 0.5) is 0 Å². The van der Waals surface area contributed by atoms with Crippen LogP contribution in [0.1, 0.15) is 43.4 Å². The van der Waals surface area contributed by atoms with E-state index in [2.05, 4.69) is 6.58 Å². The van der Waals surface area contributed by atoms with E-state index in [0.29, 0.717) is 19.3 Å². The number of carbonyl (C=O) groups excluding carboxylic acids is 1. The third-order valence-electron chi connectivity index (χ3n) is 9.66. The number of Topliss-reactive ketones (excluding diaryl/α,β-unsaturated/α-hetero) is 1. The predicted octanol–water partition coefficient (Wildman–Crippen LogP) is 5.40. The molecule has 5 rings (SSSR count). The molecule has 0 radical (unpaired) electrons. The smallest absolute Gasteiger partial charge is 0.185 e. The van der Waals surface area contributed by atoms with Crippen molar-refractivity contribution in [3.05, 3.63) is 95.6 Å². The van der Waals surface area contributed by atoms with E-state index in [9.17, 15) is 25.2 Å². The first-order valence-corrected chi connectivity index (χ1v) is 13.8. The molecule has 2 fully saturated rings. The van der Waals surface area contributed by atoms with Crippen LogP contribution in [0.5, 0.6) is 11.5 Å². The zero-order valence-corrected chi connectivity index (χ0v) is 23.4. The molecule has 2 aliphatic carbocycles. The van der Waals surface area contributed by atoms with Gasteiger partial charge >= 0.3 is 0 Å². The first-order valence-electron chi connectivity index (χ1n) is 13.8. The number of aromatic hydroxyl groups is 2. The Morgan fingerprint density at radius 2 is 1.70 bits per heavy atom. The molecule has 4 N–H and O–H groups in total. The number of benzene rings is 3. The zero-order chi connectivity index (χ0) is 28.9. The highest BCUT2D eigenvalue weighted by Crippen LogP contribution is 2.73. The van der Waals surface area contributed by atoms with Crippen molar-refractivity contribution in [2.24, 2.45) is 22.7 Å². The SMILES string of the molecule is C=C1[C@H]2[C@H](CO)C[C@@](C(=O)CCc3cccc(-c4ccc(Cc5ccc(O)cc5)c(O)c4)c3)(C1(C)C)[C@]2(O)OC. The Hall–Kier alpha value is -3.45. The van der Waals surface area contributed by atoms with Gasteiger partial charge in [-0.05, 0) is 64.8 Å². The highest BCUT2D eigenvalue weighted by Gasteiger charge is 2.79. The fourth-order valence-corrected chi connectivity index (χ4v) is 7.37. The predicted molar refractivity (Wildman–Crippen MR) is 154 cm³/mol. The Kier molecular flexibility index (Phi) is 7.15. The Morgan fingerprint density at radius 1 is 1.00 bits per heavy atom. The fourth-order valence-electron chi connectivity index (χ4n) is 7.37. The van der Waals surface area contributed by atoms with Gasteiger partial charge in [0, 0.05) is 37.9 Å². The number of carbonyl (C=O) groups is 1. The molecule has 0 saturated heterocycles. The van der Waals surface area contributed by atoms with E-state index in [1.54, 1.807) is 18.2 Å². The largest absolute Gasteiger partial charge is 0.508 e. The number of phenols is 2. The third-order valence-corrected chi connectivity index (χ3v) is 9.66. The lowest BCUT2D eigenvalue weighted by molar-refractivity contribution is -0.253. The van der Waals surface area contributed by atoms with Crippen LogP contribution < -0.4 is 0 Å². The van der Waals surface area contributed by atoms with E-state index >= 15 is 0 Å². The van der Waals surface area contributed by atoms with Gasteiger partial charge in [-0.3, -0.25) is 4.79 Å². The number of hydrogen-bond acceptors (Lipinski definition) is 6.